The van der Waals surface area contributed by atoms with Crippen molar-refractivity contribution in [2.24, 2.45) is 0 Å². The van der Waals surface area contributed by atoms with E-state index in [9.17, 15) is 0 Å². The van der Waals surface area contributed by atoms with E-state index in [1.807, 2.05) is 31.2 Å². The minimum atomic E-state index is 0.495. The van der Waals surface area contributed by atoms with Gasteiger partial charge in [-0.3, -0.25) is 0 Å². The monoisotopic (exact) mass is 388 g/mol. The van der Waals surface area contributed by atoms with Gasteiger partial charge < -0.3 is 4.74 Å². The summed E-state index contributed by atoms with van der Waals surface area (Å²) in [5, 5.41) is 0.495. The Morgan fingerprint density at radius 3 is 2.47 bits per heavy atom. The van der Waals surface area contributed by atoms with Crippen LogP contribution in [-0.2, 0) is 0 Å². The Morgan fingerprint density at radius 1 is 1.21 bits per heavy atom. The normalized spacial score (nSPS) is 10.5. The summed E-state index contributed by atoms with van der Waals surface area (Å²) in [6, 6.07) is 7.75. The molecule has 0 aliphatic carbocycles. The first kappa shape index (κ1) is 14.5. The van der Waals surface area contributed by atoms with Gasteiger partial charge in [0.05, 0.1) is 15.9 Å². The van der Waals surface area contributed by atoms with E-state index >= 15 is 0 Å². The molecular formula is C14H14ClIN2O. The van der Waals surface area contributed by atoms with Crippen molar-refractivity contribution in [2.45, 2.75) is 20.3 Å². The Kier molecular flexibility index (Phi) is 4.99. The molecule has 100 valence electrons. The van der Waals surface area contributed by atoms with Crippen molar-refractivity contribution in [1.82, 2.24) is 9.97 Å². The Hall–Kier alpha value is -0.880. The van der Waals surface area contributed by atoms with E-state index in [1.54, 1.807) is 0 Å². The van der Waals surface area contributed by atoms with Crippen LogP contribution >= 0.6 is 34.2 Å². The lowest BCUT2D eigenvalue weighted by atomic mass is 10.2. The summed E-state index contributed by atoms with van der Waals surface area (Å²) in [5.74, 6) is 1.50. The standard InChI is InChI=1S/C14H14ClIN2O/c1-3-8-19-11-6-4-10(5-7-11)14-17-9(2)12(16)13(15)18-14/h4-7H,3,8H2,1-2H3. The minimum Gasteiger partial charge on any atom is -0.494 e. The van der Waals surface area contributed by atoms with Crippen molar-refractivity contribution in [1.29, 1.82) is 0 Å². The first-order valence-corrected chi connectivity index (χ1v) is 7.50. The molecule has 2 aromatic rings. The number of ether oxygens (including phenoxy) is 1. The predicted molar refractivity (Wildman–Crippen MR) is 85.7 cm³/mol. The van der Waals surface area contributed by atoms with E-state index in [1.165, 1.54) is 0 Å². The number of halogens is 2. The van der Waals surface area contributed by atoms with Crippen LogP contribution in [0.5, 0.6) is 5.75 Å². The van der Waals surface area contributed by atoms with Crippen LogP contribution in [0.2, 0.25) is 5.15 Å². The molecule has 19 heavy (non-hydrogen) atoms. The van der Waals surface area contributed by atoms with Gasteiger partial charge in [-0.05, 0) is 60.2 Å². The molecule has 1 aromatic heterocycles. The van der Waals surface area contributed by atoms with Crippen LogP contribution in [0.3, 0.4) is 0 Å². The molecule has 0 amide bonds. The van der Waals surface area contributed by atoms with Gasteiger partial charge in [-0.2, -0.15) is 0 Å². The summed E-state index contributed by atoms with van der Waals surface area (Å²) < 4.78 is 6.44. The molecule has 1 aromatic carbocycles. The first-order valence-electron chi connectivity index (χ1n) is 6.04. The quantitative estimate of drug-likeness (QED) is 0.571. The van der Waals surface area contributed by atoms with Crippen molar-refractivity contribution in [3.8, 4) is 17.1 Å². The van der Waals surface area contributed by atoms with Crippen LogP contribution in [0, 0.1) is 10.5 Å². The third-order valence-electron chi connectivity index (χ3n) is 2.56. The van der Waals surface area contributed by atoms with Gasteiger partial charge in [0.2, 0.25) is 0 Å². The number of benzene rings is 1. The van der Waals surface area contributed by atoms with Gasteiger partial charge in [0, 0.05) is 5.56 Å². The van der Waals surface area contributed by atoms with Crippen LogP contribution < -0.4 is 4.74 Å². The molecule has 0 saturated carbocycles. The Balaban J connectivity index is 2.27. The van der Waals surface area contributed by atoms with Gasteiger partial charge >= 0.3 is 0 Å². The molecule has 0 bridgehead atoms. The molecule has 1 heterocycles. The van der Waals surface area contributed by atoms with Gasteiger partial charge in [0.25, 0.3) is 0 Å². The molecule has 0 fully saturated rings. The number of aryl methyl sites for hydroxylation is 1. The second-order valence-corrected chi connectivity index (χ2v) is 5.55. The van der Waals surface area contributed by atoms with E-state index in [-0.39, 0.29) is 0 Å². The molecule has 0 aliphatic heterocycles. The number of nitrogens with zero attached hydrogens (tertiary/aromatic N) is 2. The second kappa shape index (κ2) is 6.52. The lowest BCUT2D eigenvalue weighted by Crippen LogP contribution is -1.97. The Bertz CT molecular complexity index is 549. The van der Waals surface area contributed by atoms with Crippen LogP contribution in [0.1, 0.15) is 19.0 Å². The highest BCUT2D eigenvalue weighted by atomic mass is 127. The maximum Gasteiger partial charge on any atom is 0.161 e. The van der Waals surface area contributed by atoms with Crippen LogP contribution in [0.4, 0.5) is 0 Å². The average molecular weight is 389 g/mol. The summed E-state index contributed by atoms with van der Waals surface area (Å²) in [6.45, 7) is 4.74. The van der Waals surface area contributed by atoms with Gasteiger partial charge in [0.1, 0.15) is 10.9 Å². The lowest BCUT2D eigenvalue weighted by Gasteiger charge is -2.07. The largest absolute Gasteiger partial charge is 0.494 e. The van der Waals surface area contributed by atoms with Gasteiger partial charge in [-0.15, -0.1) is 0 Å². The zero-order valence-electron chi connectivity index (χ0n) is 10.8. The summed E-state index contributed by atoms with van der Waals surface area (Å²) >= 11 is 8.23. The van der Waals surface area contributed by atoms with Crippen molar-refractivity contribution in [3.05, 3.63) is 38.7 Å². The minimum absolute atomic E-state index is 0.495. The fourth-order valence-corrected chi connectivity index (χ4v) is 2.03. The fourth-order valence-electron chi connectivity index (χ4n) is 1.57. The number of hydrogen-bond donors (Lipinski definition) is 0. The molecule has 0 unspecified atom stereocenters. The van der Waals surface area contributed by atoms with Crippen LogP contribution in [0.15, 0.2) is 24.3 Å². The average Bonchev–Trinajstić information content (AvgIpc) is 2.42. The Labute approximate surface area is 131 Å². The molecule has 0 spiro atoms. The third-order valence-corrected chi connectivity index (χ3v) is 4.45. The first-order chi connectivity index (χ1) is 9.11. The van der Waals surface area contributed by atoms with Crippen LogP contribution in [-0.4, -0.2) is 16.6 Å². The fraction of sp³-hybridized carbons (Fsp3) is 0.286. The molecule has 0 radical (unpaired) electrons. The second-order valence-electron chi connectivity index (χ2n) is 4.11. The summed E-state index contributed by atoms with van der Waals surface area (Å²) in [6.07, 6.45) is 0.997. The highest BCUT2D eigenvalue weighted by Crippen LogP contribution is 2.24. The molecule has 0 aliphatic rings. The molecule has 0 N–H and O–H groups in total. The van der Waals surface area contributed by atoms with E-state index in [0.29, 0.717) is 11.0 Å². The van der Waals surface area contributed by atoms with E-state index in [2.05, 4.69) is 39.5 Å². The van der Waals surface area contributed by atoms with E-state index in [0.717, 1.165) is 33.6 Å². The van der Waals surface area contributed by atoms with Crippen LogP contribution in [0.25, 0.3) is 11.4 Å². The van der Waals surface area contributed by atoms with Crippen molar-refractivity contribution < 1.29 is 4.74 Å². The van der Waals surface area contributed by atoms with E-state index in [4.69, 9.17) is 16.3 Å². The summed E-state index contributed by atoms with van der Waals surface area (Å²) in [7, 11) is 0. The Morgan fingerprint density at radius 2 is 1.89 bits per heavy atom. The van der Waals surface area contributed by atoms with Gasteiger partial charge in [-0.1, -0.05) is 18.5 Å². The van der Waals surface area contributed by atoms with Crippen molar-refractivity contribution in [2.75, 3.05) is 6.61 Å². The number of hydrogen-bond acceptors (Lipinski definition) is 3. The van der Waals surface area contributed by atoms with Gasteiger partial charge in [0.15, 0.2) is 5.82 Å². The molecule has 0 saturated heterocycles. The zero-order chi connectivity index (χ0) is 13.8. The SMILES string of the molecule is CCCOc1ccc(-c2nc(C)c(I)c(Cl)n2)cc1. The summed E-state index contributed by atoms with van der Waals surface area (Å²) in [5.41, 5.74) is 1.83. The highest BCUT2D eigenvalue weighted by Gasteiger charge is 2.09. The maximum atomic E-state index is 6.09. The molecular weight excluding hydrogens is 375 g/mol. The zero-order valence-corrected chi connectivity index (χ0v) is 13.7. The molecule has 3 nitrogen and oxygen atoms in total. The molecule has 5 heteroatoms. The number of aromatic nitrogens is 2. The smallest absolute Gasteiger partial charge is 0.161 e. The molecule has 0 atom stereocenters. The predicted octanol–water partition coefficient (Wildman–Crippen LogP) is 4.50. The third kappa shape index (κ3) is 3.57. The maximum absolute atomic E-state index is 6.09. The van der Waals surface area contributed by atoms with E-state index < -0.39 is 0 Å². The van der Waals surface area contributed by atoms with Crippen molar-refractivity contribution in [3.63, 3.8) is 0 Å². The highest BCUT2D eigenvalue weighted by molar-refractivity contribution is 14.1. The van der Waals surface area contributed by atoms with Crippen molar-refractivity contribution >= 4 is 34.2 Å². The lowest BCUT2D eigenvalue weighted by molar-refractivity contribution is 0.317. The van der Waals surface area contributed by atoms with Gasteiger partial charge in [-0.25, -0.2) is 9.97 Å². The number of rotatable bonds is 4. The molecule has 2 rings (SSSR count). The summed E-state index contributed by atoms with van der Waals surface area (Å²) in [4.78, 5) is 8.75. The topological polar surface area (TPSA) is 35.0 Å².